The number of fused-ring (bicyclic) bond motifs is 1. The van der Waals surface area contributed by atoms with Crippen molar-refractivity contribution in [1.82, 2.24) is 4.98 Å². The Bertz CT molecular complexity index is 1370. The lowest BCUT2D eigenvalue weighted by atomic mass is 9.97. The van der Waals surface area contributed by atoms with Crippen molar-refractivity contribution in [2.45, 2.75) is 17.4 Å². The summed E-state index contributed by atoms with van der Waals surface area (Å²) in [6.07, 6.45) is 0. The van der Waals surface area contributed by atoms with E-state index in [2.05, 4.69) is 25.6 Å². The lowest BCUT2D eigenvalue weighted by Crippen LogP contribution is -2.18. The number of pyridine rings is 1. The molecule has 2 heterocycles. The molecule has 2 aromatic carbocycles. The van der Waals surface area contributed by atoms with Crippen LogP contribution in [0, 0.1) is 10.1 Å². The van der Waals surface area contributed by atoms with Crippen LogP contribution in [0.5, 0.6) is 11.5 Å². The molecule has 0 saturated carbocycles. The Morgan fingerprint density at radius 1 is 1.29 bits per heavy atom. The van der Waals surface area contributed by atoms with Gasteiger partial charge in [0.15, 0.2) is 16.5 Å². The summed E-state index contributed by atoms with van der Waals surface area (Å²) < 4.78 is 40.1. The van der Waals surface area contributed by atoms with E-state index >= 15 is 0 Å². The minimum atomic E-state index is -4.40. The van der Waals surface area contributed by atoms with Crippen LogP contribution in [0.4, 0.5) is 11.5 Å². The van der Waals surface area contributed by atoms with Crippen LogP contribution in [-0.2, 0) is 16.6 Å². The van der Waals surface area contributed by atoms with Crippen molar-refractivity contribution in [1.29, 1.82) is 0 Å². The second-order valence-corrected chi connectivity index (χ2v) is 10.1. The average molecular weight is 571 g/mol. The number of aliphatic hydroxyl groups excluding tert-OH is 1. The van der Waals surface area contributed by atoms with E-state index in [9.17, 15) is 23.6 Å². The number of rotatable bonds is 8. The molecule has 10 nitrogen and oxygen atoms in total. The Kier molecular flexibility index (Phi) is 6.94. The highest BCUT2D eigenvalue weighted by atomic mass is 79.9. The summed E-state index contributed by atoms with van der Waals surface area (Å²) in [4.78, 5) is 14.0. The standard InChI is InChI=1S/C21H17BrClN3O7S/c22-14-8-17(33-11-13-10-32-16-6-3-4-12(9-27)19(13)16)21(24-20(14)23)25-34(30,31)18-7-2-1-5-15(18)26(28)29/h1-8,13,27H,9-11H2,(H,24,25)/t13-/m1/s1. The molecule has 1 atom stereocenters. The SMILES string of the molecule is O=[N+]([O-])c1ccccc1S(=O)(=O)Nc1nc(Cl)c(Br)cc1OC[C@H]1COc2cccc(CO)c21. The molecule has 0 bridgehead atoms. The fourth-order valence-corrected chi connectivity index (χ4v) is 5.18. The lowest BCUT2D eigenvalue weighted by Gasteiger charge is -2.17. The van der Waals surface area contributed by atoms with Crippen LogP contribution in [0.1, 0.15) is 17.0 Å². The second kappa shape index (κ2) is 9.74. The summed E-state index contributed by atoms with van der Waals surface area (Å²) in [5.74, 6) is 0.231. The van der Waals surface area contributed by atoms with Crippen LogP contribution in [0.2, 0.25) is 5.15 Å². The molecule has 0 radical (unpaired) electrons. The smallest absolute Gasteiger partial charge is 0.289 e. The molecule has 0 amide bonds. The van der Waals surface area contributed by atoms with E-state index in [0.29, 0.717) is 22.4 Å². The van der Waals surface area contributed by atoms with Crippen LogP contribution >= 0.6 is 27.5 Å². The van der Waals surface area contributed by atoms with Gasteiger partial charge in [0.2, 0.25) is 0 Å². The third kappa shape index (κ3) is 4.80. The fraction of sp³-hybridized carbons (Fsp3) is 0.190. The normalized spacial score (nSPS) is 14.9. The first-order valence-electron chi connectivity index (χ1n) is 9.81. The van der Waals surface area contributed by atoms with Gasteiger partial charge in [-0.15, -0.1) is 0 Å². The van der Waals surface area contributed by atoms with Gasteiger partial charge >= 0.3 is 0 Å². The Morgan fingerprint density at radius 2 is 2.06 bits per heavy atom. The van der Waals surface area contributed by atoms with Crippen molar-refractivity contribution in [2.24, 2.45) is 0 Å². The second-order valence-electron chi connectivity index (χ2n) is 7.24. The van der Waals surface area contributed by atoms with E-state index in [1.807, 2.05) is 0 Å². The summed E-state index contributed by atoms with van der Waals surface area (Å²) in [6, 6.07) is 11.7. The fourth-order valence-electron chi connectivity index (χ4n) is 3.56. The maximum atomic E-state index is 13.0. The molecular weight excluding hydrogens is 554 g/mol. The monoisotopic (exact) mass is 569 g/mol. The molecule has 34 heavy (non-hydrogen) atoms. The van der Waals surface area contributed by atoms with Crippen molar-refractivity contribution < 1.29 is 27.9 Å². The maximum absolute atomic E-state index is 13.0. The number of nitro groups is 1. The number of hydrogen-bond acceptors (Lipinski definition) is 8. The van der Waals surface area contributed by atoms with Crippen molar-refractivity contribution in [2.75, 3.05) is 17.9 Å². The first-order chi connectivity index (χ1) is 16.2. The molecule has 178 valence electrons. The quantitative estimate of drug-likeness (QED) is 0.233. The summed E-state index contributed by atoms with van der Waals surface area (Å²) in [5.41, 5.74) is 0.932. The molecule has 0 spiro atoms. The zero-order valence-corrected chi connectivity index (χ0v) is 20.4. The molecular formula is C21H17BrClN3O7S. The van der Waals surface area contributed by atoms with E-state index in [1.165, 1.54) is 18.2 Å². The van der Waals surface area contributed by atoms with E-state index in [4.69, 9.17) is 21.1 Å². The number of ether oxygens (including phenoxy) is 2. The third-order valence-corrected chi connectivity index (χ3v) is 7.60. The van der Waals surface area contributed by atoms with Gasteiger partial charge in [-0.3, -0.25) is 14.8 Å². The number of anilines is 1. The summed E-state index contributed by atoms with van der Waals surface area (Å²) in [6.45, 7) is 0.226. The zero-order chi connectivity index (χ0) is 24.5. The summed E-state index contributed by atoms with van der Waals surface area (Å²) in [5, 5.41) is 20.9. The minimum Gasteiger partial charge on any atom is -0.493 e. The first kappa shape index (κ1) is 24.2. The largest absolute Gasteiger partial charge is 0.493 e. The van der Waals surface area contributed by atoms with Gasteiger partial charge in [0.05, 0.1) is 35.1 Å². The van der Waals surface area contributed by atoms with E-state index in [0.717, 1.165) is 17.7 Å². The van der Waals surface area contributed by atoms with Crippen LogP contribution in [0.25, 0.3) is 0 Å². The highest BCUT2D eigenvalue weighted by Crippen LogP contribution is 2.39. The van der Waals surface area contributed by atoms with Crippen molar-refractivity contribution in [3.05, 3.63) is 79.4 Å². The predicted octanol–water partition coefficient (Wildman–Crippen LogP) is 4.25. The molecule has 13 heteroatoms. The van der Waals surface area contributed by atoms with Crippen LogP contribution in [0.15, 0.2) is 57.9 Å². The molecule has 1 aliphatic rings. The molecule has 0 saturated heterocycles. The number of hydrogen-bond donors (Lipinski definition) is 2. The number of nitrogens with zero attached hydrogens (tertiary/aromatic N) is 2. The van der Waals surface area contributed by atoms with Crippen LogP contribution in [-0.4, -0.2) is 36.6 Å². The molecule has 2 N–H and O–H groups in total. The molecule has 1 aromatic heterocycles. The predicted molar refractivity (Wildman–Crippen MR) is 127 cm³/mol. The Balaban J connectivity index is 1.64. The number of para-hydroxylation sites is 1. The van der Waals surface area contributed by atoms with Crippen molar-refractivity contribution >= 4 is 49.1 Å². The van der Waals surface area contributed by atoms with Gasteiger partial charge in [-0.25, -0.2) is 13.4 Å². The van der Waals surface area contributed by atoms with Gasteiger partial charge < -0.3 is 14.6 Å². The molecule has 3 aromatic rings. The van der Waals surface area contributed by atoms with E-state index in [1.54, 1.807) is 18.2 Å². The zero-order valence-electron chi connectivity index (χ0n) is 17.3. The van der Waals surface area contributed by atoms with E-state index in [-0.39, 0.29) is 35.9 Å². The maximum Gasteiger partial charge on any atom is 0.289 e. The lowest BCUT2D eigenvalue weighted by molar-refractivity contribution is -0.387. The third-order valence-electron chi connectivity index (χ3n) is 5.10. The van der Waals surface area contributed by atoms with Crippen LogP contribution in [0.3, 0.4) is 0 Å². The van der Waals surface area contributed by atoms with Crippen LogP contribution < -0.4 is 14.2 Å². The van der Waals surface area contributed by atoms with Crippen molar-refractivity contribution in [3.63, 3.8) is 0 Å². The molecule has 0 unspecified atom stereocenters. The number of aliphatic hydroxyl groups is 1. The highest BCUT2D eigenvalue weighted by Gasteiger charge is 2.30. The van der Waals surface area contributed by atoms with Gasteiger partial charge in [0.1, 0.15) is 10.9 Å². The number of halogens is 2. The Morgan fingerprint density at radius 3 is 2.79 bits per heavy atom. The van der Waals surface area contributed by atoms with E-state index < -0.39 is 25.5 Å². The molecule has 0 aliphatic carbocycles. The first-order valence-corrected chi connectivity index (χ1v) is 12.5. The Labute approximate surface area is 207 Å². The topological polar surface area (TPSA) is 141 Å². The van der Waals surface area contributed by atoms with Gasteiger partial charge in [-0.1, -0.05) is 35.9 Å². The number of sulfonamides is 1. The van der Waals surface area contributed by atoms with Gasteiger partial charge in [0.25, 0.3) is 15.7 Å². The molecule has 1 aliphatic heterocycles. The van der Waals surface area contributed by atoms with Gasteiger partial charge in [-0.05, 0) is 33.6 Å². The number of benzene rings is 2. The van der Waals surface area contributed by atoms with Crippen molar-refractivity contribution in [3.8, 4) is 11.5 Å². The number of nitro benzene ring substituents is 1. The summed E-state index contributed by atoms with van der Waals surface area (Å²) >= 11 is 9.31. The number of aromatic nitrogens is 1. The minimum absolute atomic E-state index is 0.0373. The number of nitrogens with one attached hydrogen (secondary N) is 1. The Hall–Kier alpha value is -2.93. The molecule has 0 fully saturated rings. The molecule has 4 rings (SSSR count). The van der Waals surface area contributed by atoms with Gasteiger partial charge in [-0.2, -0.15) is 0 Å². The average Bonchev–Trinajstić information content (AvgIpc) is 3.23. The van der Waals surface area contributed by atoms with Gasteiger partial charge in [0, 0.05) is 17.7 Å². The summed E-state index contributed by atoms with van der Waals surface area (Å²) in [7, 11) is -4.40. The highest BCUT2D eigenvalue weighted by molar-refractivity contribution is 9.10.